The van der Waals surface area contributed by atoms with Gasteiger partial charge < -0.3 is 27.4 Å². The maximum atomic E-state index is 5.54. The van der Waals surface area contributed by atoms with E-state index >= 15 is 0 Å². The highest BCUT2D eigenvalue weighted by Crippen LogP contribution is 2.21. The quantitative estimate of drug-likeness (QED) is 0.357. The van der Waals surface area contributed by atoms with Gasteiger partial charge in [0.25, 0.3) is 0 Å². The fourth-order valence-electron chi connectivity index (χ4n) is 4.60. The number of piperazine rings is 1. The third-order valence-electron chi connectivity index (χ3n) is 7.82. The summed E-state index contributed by atoms with van der Waals surface area (Å²) in [6.45, 7) is 16.5. The first-order valence-electron chi connectivity index (χ1n) is 11.9. The van der Waals surface area contributed by atoms with E-state index in [1.165, 1.54) is 107 Å². The van der Waals surface area contributed by atoms with E-state index in [1.54, 1.807) is 0 Å². The molecule has 0 N–H and O–H groups in total. The van der Waals surface area contributed by atoms with Crippen molar-refractivity contribution < 1.29 is 27.4 Å². The molecular weight excluding hydrogens is 416 g/mol. The predicted octanol–water partition coefficient (Wildman–Crippen LogP) is 1.23. The molecule has 0 unspecified atom stereocenters. The molecule has 0 atom stereocenters. The van der Waals surface area contributed by atoms with E-state index in [9.17, 15) is 0 Å². The molecule has 3 aliphatic rings. The maximum absolute atomic E-state index is 5.54. The van der Waals surface area contributed by atoms with Crippen LogP contribution in [0, 0.1) is 0 Å². The van der Waals surface area contributed by atoms with Gasteiger partial charge in [0.1, 0.15) is 64.1 Å². The lowest BCUT2D eigenvalue weighted by atomic mass is 10.2. The van der Waals surface area contributed by atoms with Gasteiger partial charge >= 0.3 is 0 Å². The van der Waals surface area contributed by atoms with Crippen molar-refractivity contribution in [3.05, 3.63) is 0 Å². The number of hydrogen-bond donors (Lipinski definition) is 0. The highest BCUT2D eigenvalue weighted by molar-refractivity contribution is 7.99. The second-order valence-electron chi connectivity index (χ2n) is 11.0. The third-order valence-corrected chi connectivity index (χ3v) is 10.4. The van der Waals surface area contributed by atoms with Crippen molar-refractivity contribution in [3.8, 4) is 0 Å². The Balaban J connectivity index is 1.29. The van der Waals surface area contributed by atoms with Gasteiger partial charge in [0, 0.05) is 11.5 Å². The van der Waals surface area contributed by atoms with Crippen molar-refractivity contribution in [2.75, 3.05) is 143 Å². The molecule has 0 radical (unpaired) electrons. The van der Waals surface area contributed by atoms with Gasteiger partial charge in [-0.3, -0.25) is 0 Å². The summed E-state index contributed by atoms with van der Waals surface area (Å²) in [7, 11) is 9.78. The van der Waals surface area contributed by atoms with E-state index in [0.717, 1.165) is 26.4 Å². The highest BCUT2D eigenvalue weighted by Gasteiger charge is 2.37. The van der Waals surface area contributed by atoms with E-state index in [-0.39, 0.29) is 0 Å². The standard InChI is InChI=1S/C22H48N4O2S2/c1-23(13-19-29-21-25(3)9-15-27-16-10-25)5-7-24(2,8-6-23)14-20-30-22-26(4)11-17-28-18-12-26/h5-22H2,1-4H3/q+4. The van der Waals surface area contributed by atoms with E-state index in [0.29, 0.717) is 0 Å². The summed E-state index contributed by atoms with van der Waals surface area (Å²) >= 11 is 4.33. The molecule has 0 aromatic carbocycles. The summed E-state index contributed by atoms with van der Waals surface area (Å²) < 4.78 is 16.0. The number of nitrogens with zero attached hydrogens (tertiary/aromatic N) is 4. The SMILES string of the molecule is C[N+]1(CCSC[N+]2(C)CCOCC2)CC[N+](C)(CCSC[N+]2(C)CCOCC2)CC1. The summed E-state index contributed by atoms with van der Waals surface area (Å²) in [6.07, 6.45) is 0. The Bertz CT molecular complexity index is 471. The smallest absolute Gasteiger partial charge is 0.128 e. The van der Waals surface area contributed by atoms with Gasteiger partial charge in [-0.25, -0.2) is 0 Å². The molecule has 3 rings (SSSR count). The van der Waals surface area contributed by atoms with Crippen molar-refractivity contribution in [1.82, 2.24) is 0 Å². The Hall–Kier alpha value is 0.460. The molecule has 0 spiro atoms. The van der Waals surface area contributed by atoms with E-state index in [4.69, 9.17) is 9.47 Å². The second-order valence-corrected chi connectivity index (χ2v) is 13.2. The van der Waals surface area contributed by atoms with Gasteiger partial charge in [0.15, 0.2) is 0 Å². The van der Waals surface area contributed by atoms with Crippen LogP contribution >= 0.6 is 23.5 Å². The molecule has 0 aromatic rings. The number of quaternary nitrogens is 4. The molecule has 0 aliphatic carbocycles. The molecule has 0 aromatic heterocycles. The van der Waals surface area contributed by atoms with E-state index in [1.807, 2.05) is 0 Å². The molecule has 0 amide bonds. The molecular formula is C22H48N4O2S2+4. The molecule has 0 saturated carbocycles. The molecule has 3 saturated heterocycles. The van der Waals surface area contributed by atoms with Gasteiger partial charge in [-0.15, -0.1) is 0 Å². The Morgan fingerprint density at radius 2 is 0.833 bits per heavy atom. The zero-order valence-electron chi connectivity index (χ0n) is 20.1. The van der Waals surface area contributed by atoms with Crippen LogP contribution in [0.25, 0.3) is 0 Å². The Morgan fingerprint density at radius 3 is 1.17 bits per heavy atom. The second kappa shape index (κ2) is 11.1. The van der Waals surface area contributed by atoms with Crippen molar-refractivity contribution in [3.63, 3.8) is 0 Å². The first kappa shape index (κ1) is 25.1. The molecule has 30 heavy (non-hydrogen) atoms. The molecule has 3 heterocycles. The molecule has 8 heteroatoms. The molecule has 176 valence electrons. The van der Waals surface area contributed by atoms with Crippen LogP contribution in [0.2, 0.25) is 0 Å². The molecule has 6 nitrogen and oxygen atoms in total. The number of thioether (sulfide) groups is 2. The summed E-state index contributed by atoms with van der Waals surface area (Å²) in [4.78, 5) is 0. The van der Waals surface area contributed by atoms with Gasteiger partial charge in [0.2, 0.25) is 0 Å². The Labute approximate surface area is 194 Å². The summed E-state index contributed by atoms with van der Waals surface area (Å²) in [5, 5.41) is 0. The van der Waals surface area contributed by atoms with E-state index < -0.39 is 0 Å². The minimum Gasteiger partial charge on any atom is -0.370 e. The van der Waals surface area contributed by atoms with Gasteiger partial charge in [0.05, 0.1) is 67.7 Å². The predicted molar refractivity (Wildman–Crippen MR) is 130 cm³/mol. The van der Waals surface area contributed by atoms with Crippen LogP contribution in [0.3, 0.4) is 0 Å². The number of hydrogen-bond acceptors (Lipinski definition) is 4. The normalized spacial score (nSPS) is 34.0. The zero-order valence-corrected chi connectivity index (χ0v) is 21.8. The van der Waals surface area contributed by atoms with Crippen molar-refractivity contribution in [1.29, 1.82) is 0 Å². The van der Waals surface area contributed by atoms with Gasteiger partial charge in [-0.2, -0.15) is 0 Å². The van der Waals surface area contributed by atoms with Crippen LogP contribution in [0.15, 0.2) is 0 Å². The fraction of sp³-hybridized carbons (Fsp3) is 1.00. The van der Waals surface area contributed by atoms with Crippen LogP contribution in [0.1, 0.15) is 0 Å². The number of likely N-dealkylation sites (N-methyl/N-ethyl adjacent to an activating group) is 4. The minimum absolute atomic E-state index is 0.937. The van der Waals surface area contributed by atoms with Crippen molar-refractivity contribution in [2.24, 2.45) is 0 Å². The summed E-state index contributed by atoms with van der Waals surface area (Å²) in [5.41, 5.74) is 0. The number of morpholine rings is 2. The maximum Gasteiger partial charge on any atom is 0.128 e. The first-order chi connectivity index (χ1) is 14.2. The van der Waals surface area contributed by atoms with Crippen LogP contribution in [0.5, 0.6) is 0 Å². The van der Waals surface area contributed by atoms with Gasteiger partial charge in [-0.05, 0) is 0 Å². The number of ether oxygens (including phenoxy) is 2. The molecule has 3 aliphatic heterocycles. The third kappa shape index (κ3) is 7.80. The van der Waals surface area contributed by atoms with Crippen LogP contribution in [0.4, 0.5) is 0 Å². The van der Waals surface area contributed by atoms with Crippen LogP contribution in [-0.2, 0) is 9.47 Å². The zero-order chi connectivity index (χ0) is 21.6. The lowest BCUT2D eigenvalue weighted by Crippen LogP contribution is -2.65. The number of rotatable bonds is 10. The minimum atomic E-state index is 0.937. The Kier molecular flexibility index (Phi) is 9.25. The first-order valence-corrected chi connectivity index (χ1v) is 14.2. The average molecular weight is 465 g/mol. The van der Waals surface area contributed by atoms with Crippen molar-refractivity contribution >= 4 is 23.5 Å². The Morgan fingerprint density at radius 1 is 0.500 bits per heavy atom. The van der Waals surface area contributed by atoms with Crippen molar-refractivity contribution in [2.45, 2.75) is 0 Å². The summed E-state index contributed by atoms with van der Waals surface area (Å²) in [5.74, 6) is 5.09. The van der Waals surface area contributed by atoms with Gasteiger partial charge in [-0.1, -0.05) is 23.5 Å². The fourth-order valence-corrected chi connectivity index (χ4v) is 7.40. The topological polar surface area (TPSA) is 18.5 Å². The monoisotopic (exact) mass is 464 g/mol. The molecule has 0 bridgehead atoms. The lowest BCUT2D eigenvalue weighted by molar-refractivity contribution is -1.01. The van der Waals surface area contributed by atoms with E-state index in [2.05, 4.69) is 51.7 Å². The lowest BCUT2D eigenvalue weighted by Gasteiger charge is -2.46. The van der Waals surface area contributed by atoms with Crippen LogP contribution < -0.4 is 0 Å². The van der Waals surface area contributed by atoms with Crippen LogP contribution in [-0.4, -0.2) is 161 Å². The highest BCUT2D eigenvalue weighted by atomic mass is 32.2. The summed E-state index contributed by atoms with van der Waals surface area (Å²) in [6, 6.07) is 0. The largest absolute Gasteiger partial charge is 0.370 e. The molecule has 3 fully saturated rings. The average Bonchev–Trinajstić information content (AvgIpc) is 2.73.